The fourth-order valence-corrected chi connectivity index (χ4v) is 7.69. The van der Waals surface area contributed by atoms with Crippen LogP contribution >= 0.6 is 23.2 Å². The lowest BCUT2D eigenvalue weighted by Gasteiger charge is -2.19. The van der Waals surface area contributed by atoms with Crippen LogP contribution in [0.2, 0.25) is 10.0 Å². The van der Waals surface area contributed by atoms with Crippen molar-refractivity contribution < 1.29 is 14.4 Å². The standard InChI is InChI=1S/C25H21ClN4O.C15H10ClN.C10H11N3O/c1-30(15-16-6-3-2-4-7-16)25(31)24-21-22-17(8-5-13-27-22)9-10-18-14-19(26)11-12-20(18)23(21)28-29-24;16-14-7-5-11-6-8-15-12(2-1-9-17-15)3-4-13(11)10-14;1-13(10(14)7-12-11)8-9-5-3-2-4-6-9/h2-8,11-14H,9-10,15H2,1H3,(H,28,29);1-2,5,7,9-10H,3-4H2;2-7H,8H2,1H3. The van der Waals surface area contributed by atoms with E-state index < -0.39 is 0 Å². The number of hydrogen-bond acceptors (Lipinski definition) is 5. The van der Waals surface area contributed by atoms with Gasteiger partial charge >= 0.3 is 12.1 Å². The first-order valence-corrected chi connectivity index (χ1v) is 20.8. The van der Waals surface area contributed by atoms with Gasteiger partial charge in [-0.15, -0.1) is 0 Å². The van der Waals surface area contributed by atoms with Crippen molar-refractivity contribution in [3.8, 4) is 34.4 Å². The van der Waals surface area contributed by atoms with Crippen molar-refractivity contribution in [3.05, 3.63) is 200 Å². The Balaban J connectivity index is 0.000000157. The van der Waals surface area contributed by atoms with Gasteiger partial charge in [-0.1, -0.05) is 108 Å². The molecule has 0 saturated carbocycles. The van der Waals surface area contributed by atoms with Gasteiger partial charge in [-0.2, -0.15) is 9.89 Å². The Morgan fingerprint density at radius 1 is 0.694 bits per heavy atom. The summed E-state index contributed by atoms with van der Waals surface area (Å²) in [5.41, 5.74) is 20.6. The molecule has 0 radical (unpaired) electrons. The number of carbonyl (C=O) groups excluding carboxylic acids is 2. The van der Waals surface area contributed by atoms with Crippen molar-refractivity contribution in [3.63, 3.8) is 0 Å². The maximum absolute atomic E-state index is 13.5. The first-order chi connectivity index (χ1) is 30.2. The summed E-state index contributed by atoms with van der Waals surface area (Å²) >= 11 is 12.3. The number of aromatic nitrogens is 4. The van der Waals surface area contributed by atoms with E-state index in [4.69, 9.17) is 28.7 Å². The van der Waals surface area contributed by atoms with Crippen LogP contribution in [0.15, 0.2) is 134 Å². The van der Waals surface area contributed by atoms with Crippen molar-refractivity contribution in [1.82, 2.24) is 30.0 Å². The molecule has 0 spiro atoms. The lowest BCUT2D eigenvalue weighted by molar-refractivity contribution is -0.126. The van der Waals surface area contributed by atoms with E-state index in [1.165, 1.54) is 16.0 Å². The molecule has 0 aliphatic heterocycles. The highest BCUT2D eigenvalue weighted by Gasteiger charge is 2.29. The Morgan fingerprint density at radius 2 is 1.29 bits per heavy atom. The van der Waals surface area contributed by atoms with Crippen molar-refractivity contribution in [2.24, 2.45) is 0 Å². The van der Waals surface area contributed by atoms with Gasteiger partial charge in [0.2, 0.25) is 0 Å². The number of halogens is 2. The van der Waals surface area contributed by atoms with Crippen LogP contribution in [0, 0.1) is 11.8 Å². The van der Waals surface area contributed by atoms with Crippen LogP contribution in [0.5, 0.6) is 0 Å². The SMILES string of the molecule is CN(Cc1ccccc1)C(=O)C=[N+]=[N-].CN(Cc1ccccc1)C(=O)c1[nH]nc2c1-c1ncccc1CCc1cc(Cl)ccc1-2.Clc1ccc2c(c1)CCc1cccnc1C#C2. The Kier molecular flexibility index (Phi) is 14.1. The Hall–Kier alpha value is -7.15. The molecule has 1 N–H and O–H groups in total. The van der Waals surface area contributed by atoms with Gasteiger partial charge in [-0.05, 0) is 107 Å². The molecular weight excluding hydrogens is 816 g/mol. The lowest BCUT2D eigenvalue weighted by atomic mass is 9.89. The van der Waals surface area contributed by atoms with Gasteiger partial charge in [0.25, 0.3) is 5.91 Å². The summed E-state index contributed by atoms with van der Waals surface area (Å²) in [7, 11) is 3.45. The van der Waals surface area contributed by atoms with E-state index in [1.54, 1.807) is 31.4 Å². The van der Waals surface area contributed by atoms with E-state index in [0.717, 1.165) is 92.9 Å². The van der Waals surface area contributed by atoms with Crippen LogP contribution in [-0.2, 0) is 43.6 Å². The summed E-state index contributed by atoms with van der Waals surface area (Å²) in [5, 5.41) is 9.08. The van der Waals surface area contributed by atoms with Crippen molar-refractivity contribution in [1.29, 1.82) is 0 Å². The van der Waals surface area contributed by atoms with E-state index in [-0.39, 0.29) is 11.8 Å². The third kappa shape index (κ3) is 10.6. The van der Waals surface area contributed by atoms with Gasteiger partial charge in [0.15, 0.2) is 0 Å². The average Bonchev–Trinajstić information content (AvgIpc) is 3.71. The second-order valence-corrected chi connectivity index (χ2v) is 15.6. The minimum absolute atomic E-state index is 0.120. The number of benzene rings is 4. The molecule has 0 saturated heterocycles. The number of amides is 2. The quantitative estimate of drug-likeness (QED) is 0.0771. The first-order valence-electron chi connectivity index (χ1n) is 20.0. The molecule has 2 amide bonds. The molecule has 308 valence electrons. The van der Waals surface area contributed by atoms with Gasteiger partial charge < -0.3 is 15.3 Å². The minimum Gasteiger partial charge on any atom is -0.361 e. The van der Waals surface area contributed by atoms with Crippen LogP contribution in [0.4, 0.5) is 0 Å². The fourth-order valence-electron chi connectivity index (χ4n) is 7.30. The van der Waals surface area contributed by atoms with E-state index in [1.807, 2.05) is 109 Å². The summed E-state index contributed by atoms with van der Waals surface area (Å²) < 4.78 is 0. The smallest absolute Gasteiger partial charge is 0.344 e. The second kappa shape index (κ2) is 20.4. The predicted octanol–water partition coefficient (Wildman–Crippen LogP) is 9.34. The number of rotatable bonds is 6. The predicted molar refractivity (Wildman–Crippen MR) is 244 cm³/mol. The minimum atomic E-state index is -0.323. The number of pyridine rings is 2. The van der Waals surface area contributed by atoms with Crippen LogP contribution < -0.4 is 0 Å². The highest BCUT2D eigenvalue weighted by molar-refractivity contribution is 6.31. The molecule has 12 heteroatoms. The highest BCUT2D eigenvalue weighted by Crippen LogP contribution is 2.39. The molecule has 7 aromatic rings. The first kappa shape index (κ1) is 43.0. The maximum Gasteiger partial charge on any atom is 0.344 e. The Labute approximate surface area is 370 Å². The number of nitrogens with one attached hydrogen (secondary N) is 1. The van der Waals surface area contributed by atoms with Gasteiger partial charge in [-0.3, -0.25) is 19.7 Å². The zero-order valence-corrected chi connectivity index (χ0v) is 35.7. The summed E-state index contributed by atoms with van der Waals surface area (Å²) in [6.45, 7) is 1.01. The average molecular weight is 858 g/mol. The van der Waals surface area contributed by atoms with Crippen LogP contribution in [0.3, 0.4) is 0 Å². The highest BCUT2D eigenvalue weighted by atomic mass is 35.5. The third-order valence-electron chi connectivity index (χ3n) is 10.4. The number of aryl methyl sites for hydroxylation is 4. The van der Waals surface area contributed by atoms with Crippen molar-refractivity contribution in [2.45, 2.75) is 38.8 Å². The normalized spacial score (nSPS) is 11.5. The van der Waals surface area contributed by atoms with E-state index in [2.05, 4.69) is 48.9 Å². The summed E-state index contributed by atoms with van der Waals surface area (Å²) in [6, 6.07) is 39.3. The second-order valence-electron chi connectivity index (χ2n) is 14.8. The topological polar surface area (TPSA) is 131 Å². The zero-order chi connectivity index (χ0) is 43.4. The van der Waals surface area contributed by atoms with Gasteiger partial charge in [0.1, 0.15) is 17.1 Å². The monoisotopic (exact) mass is 856 g/mol. The van der Waals surface area contributed by atoms with Crippen LogP contribution in [0.1, 0.15) is 55.1 Å². The number of fused-ring (bicyclic) bond motifs is 7. The Bertz CT molecular complexity index is 2830. The van der Waals surface area contributed by atoms with Gasteiger partial charge in [0.05, 0.1) is 11.3 Å². The zero-order valence-electron chi connectivity index (χ0n) is 34.2. The third-order valence-corrected chi connectivity index (χ3v) is 10.9. The van der Waals surface area contributed by atoms with E-state index in [0.29, 0.717) is 23.8 Å². The van der Waals surface area contributed by atoms with Crippen molar-refractivity contribution >= 4 is 41.2 Å². The van der Waals surface area contributed by atoms with Gasteiger partial charge in [0, 0.05) is 60.8 Å². The largest absolute Gasteiger partial charge is 0.361 e. The summed E-state index contributed by atoms with van der Waals surface area (Å²) in [4.78, 5) is 39.4. The van der Waals surface area contributed by atoms with Crippen molar-refractivity contribution in [2.75, 3.05) is 14.1 Å². The number of aromatic amines is 1. The maximum atomic E-state index is 13.5. The number of H-pyrrole nitrogens is 1. The molecule has 0 unspecified atom stereocenters. The lowest BCUT2D eigenvalue weighted by Crippen LogP contribution is -2.27. The number of nitrogens with zero attached hydrogens (tertiary/aromatic N) is 7. The molecule has 4 aromatic carbocycles. The van der Waals surface area contributed by atoms with Gasteiger partial charge in [-0.25, -0.2) is 4.98 Å². The summed E-state index contributed by atoms with van der Waals surface area (Å²) in [5.74, 6) is 5.87. The van der Waals surface area contributed by atoms with E-state index >= 15 is 0 Å². The molecule has 2 aliphatic rings. The van der Waals surface area contributed by atoms with E-state index in [9.17, 15) is 9.59 Å². The summed E-state index contributed by atoms with van der Waals surface area (Å²) in [6.07, 6.45) is 8.00. The van der Waals surface area contributed by atoms with Crippen LogP contribution in [0.25, 0.3) is 28.0 Å². The van der Waals surface area contributed by atoms with Crippen LogP contribution in [-0.4, -0.2) is 66.9 Å². The Morgan fingerprint density at radius 3 is 2.00 bits per heavy atom. The molecule has 0 fully saturated rings. The number of hydrogen-bond donors (Lipinski definition) is 1. The molecule has 3 heterocycles. The molecule has 3 aromatic heterocycles. The molecule has 0 bridgehead atoms. The molecular formula is C50H42Cl2N8O2. The molecule has 10 nitrogen and oxygen atoms in total. The molecule has 9 rings (SSSR count). The molecule has 62 heavy (non-hydrogen) atoms. The number of carbonyl (C=O) groups is 2. The fraction of sp³-hybridized carbons (Fsp3) is 0.160. The molecule has 0 atom stereocenters. The molecule has 2 aliphatic carbocycles.